The van der Waals surface area contributed by atoms with Gasteiger partial charge in [0, 0.05) is 12.2 Å². The molecule has 0 fully saturated rings. The Kier molecular flexibility index (Phi) is 6.59. The zero-order valence-electron chi connectivity index (χ0n) is 14.1. The third-order valence-corrected chi connectivity index (χ3v) is 3.58. The first-order valence-electron chi connectivity index (χ1n) is 7.78. The number of carboxylic acid groups (broad SMARTS) is 1. The number of carbonyl (C=O) groups excluding carboxylic acids is 1. The molecule has 1 atom stereocenters. The van der Waals surface area contributed by atoms with E-state index in [1.165, 1.54) is 6.20 Å². The quantitative estimate of drug-likeness (QED) is 0.772. The summed E-state index contributed by atoms with van der Waals surface area (Å²) in [7, 11) is 0. The second-order valence-corrected chi connectivity index (χ2v) is 6.54. The number of aryl methyl sites for hydroxylation is 1. The number of amides is 1. The van der Waals surface area contributed by atoms with Gasteiger partial charge in [0.2, 0.25) is 0 Å². The molecule has 1 aromatic heterocycles. The van der Waals surface area contributed by atoms with E-state index in [1.807, 2.05) is 20.8 Å². The van der Waals surface area contributed by atoms with Crippen molar-refractivity contribution >= 4 is 11.9 Å². The van der Waals surface area contributed by atoms with E-state index in [-0.39, 0.29) is 11.8 Å². The van der Waals surface area contributed by atoms with Crippen molar-refractivity contribution in [2.45, 2.75) is 60.0 Å². The van der Waals surface area contributed by atoms with Gasteiger partial charge < -0.3 is 10.4 Å². The minimum atomic E-state index is -1.01. The fourth-order valence-corrected chi connectivity index (χ4v) is 2.20. The predicted molar refractivity (Wildman–Crippen MR) is 84.8 cm³/mol. The summed E-state index contributed by atoms with van der Waals surface area (Å²) >= 11 is 0. The first-order valence-corrected chi connectivity index (χ1v) is 7.78. The van der Waals surface area contributed by atoms with Crippen LogP contribution in [0.3, 0.4) is 0 Å². The zero-order chi connectivity index (χ0) is 16.9. The van der Waals surface area contributed by atoms with Gasteiger partial charge >= 0.3 is 5.97 Å². The molecule has 2 N–H and O–H groups in total. The topological polar surface area (TPSA) is 84.2 Å². The highest BCUT2D eigenvalue weighted by Crippen LogP contribution is 2.12. The van der Waals surface area contributed by atoms with Crippen LogP contribution in [0.1, 0.15) is 56.6 Å². The molecule has 0 saturated heterocycles. The highest BCUT2D eigenvalue weighted by molar-refractivity contribution is 5.97. The van der Waals surface area contributed by atoms with Crippen LogP contribution in [-0.4, -0.2) is 32.8 Å². The Morgan fingerprint density at radius 2 is 1.91 bits per heavy atom. The predicted octanol–water partition coefficient (Wildman–Crippen LogP) is 2.47. The van der Waals surface area contributed by atoms with Crippen molar-refractivity contribution in [1.29, 1.82) is 0 Å². The van der Waals surface area contributed by atoms with E-state index in [0.717, 1.165) is 18.7 Å². The molecule has 0 aromatic carbocycles. The number of rotatable bonds is 8. The van der Waals surface area contributed by atoms with Gasteiger partial charge in [-0.05, 0) is 31.6 Å². The van der Waals surface area contributed by atoms with Gasteiger partial charge in [0.1, 0.15) is 6.04 Å². The van der Waals surface area contributed by atoms with E-state index < -0.39 is 12.0 Å². The van der Waals surface area contributed by atoms with Gasteiger partial charge in [-0.25, -0.2) is 4.79 Å². The van der Waals surface area contributed by atoms with Crippen molar-refractivity contribution < 1.29 is 14.7 Å². The standard InChI is InChI=1S/C16H27N3O3/c1-10(2)6-7-19-12(5)13(9-17-19)15(20)18-14(16(21)22)8-11(3)4/h9-11,14H,6-8H2,1-5H3,(H,18,20)(H,21,22). The molecule has 0 aliphatic rings. The summed E-state index contributed by atoms with van der Waals surface area (Å²) in [6, 6.07) is -0.870. The SMILES string of the molecule is Cc1c(C(=O)NC(CC(C)C)C(=O)O)cnn1CCC(C)C. The van der Waals surface area contributed by atoms with Crippen LogP contribution in [0.4, 0.5) is 0 Å². The average molecular weight is 309 g/mol. The normalized spacial score (nSPS) is 12.7. The molecule has 1 rings (SSSR count). The van der Waals surface area contributed by atoms with E-state index in [9.17, 15) is 14.7 Å². The molecule has 0 radical (unpaired) electrons. The third-order valence-electron chi connectivity index (χ3n) is 3.58. The monoisotopic (exact) mass is 309 g/mol. The number of aliphatic carboxylic acids is 1. The first kappa shape index (κ1) is 18.2. The second kappa shape index (κ2) is 7.96. The molecule has 6 nitrogen and oxygen atoms in total. The molecule has 0 spiro atoms. The molecule has 0 saturated carbocycles. The molecule has 22 heavy (non-hydrogen) atoms. The first-order chi connectivity index (χ1) is 10.2. The Balaban J connectivity index is 2.78. The van der Waals surface area contributed by atoms with Gasteiger partial charge in [-0.15, -0.1) is 0 Å². The van der Waals surface area contributed by atoms with Gasteiger partial charge in [-0.1, -0.05) is 27.7 Å². The van der Waals surface area contributed by atoms with Crippen molar-refractivity contribution in [2.24, 2.45) is 11.8 Å². The number of hydrogen-bond acceptors (Lipinski definition) is 3. The number of nitrogens with one attached hydrogen (secondary N) is 1. The van der Waals surface area contributed by atoms with Crippen LogP contribution >= 0.6 is 0 Å². The molecular formula is C16H27N3O3. The summed E-state index contributed by atoms with van der Waals surface area (Å²) in [4.78, 5) is 23.5. The summed E-state index contributed by atoms with van der Waals surface area (Å²) < 4.78 is 1.80. The van der Waals surface area contributed by atoms with Crippen LogP contribution in [0, 0.1) is 18.8 Å². The Morgan fingerprint density at radius 1 is 1.27 bits per heavy atom. The van der Waals surface area contributed by atoms with Crippen molar-refractivity contribution in [3.63, 3.8) is 0 Å². The molecule has 0 bridgehead atoms. The maximum atomic E-state index is 12.3. The van der Waals surface area contributed by atoms with Crippen LogP contribution in [0.25, 0.3) is 0 Å². The van der Waals surface area contributed by atoms with Crippen molar-refractivity contribution in [2.75, 3.05) is 0 Å². The van der Waals surface area contributed by atoms with Crippen LogP contribution in [0.2, 0.25) is 0 Å². The largest absolute Gasteiger partial charge is 0.480 e. The van der Waals surface area contributed by atoms with Crippen LogP contribution in [0.5, 0.6) is 0 Å². The number of nitrogens with zero attached hydrogens (tertiary/aromatic N) is 2. The summed E-state index contributed by atoms with van der Waals surface area (Å²) in [5, 5.41) is 16.0. The highest BCUT2D eigenvalue weighted by Gasteiger charge is 2.23. The van der Waals surface area contributed by atoms with E-state index in [2.05, 4.69) is 24.3 Å². The fraction of sp³-hybridized carbons (Fsp3) is 0.688. The number of hydrogen-bond donors (Lipinski definition) is 2. The van der Waals surface area contributed by atoms with Crippen molar-refractivity contribution in [3.8, 4) is 0 Å². The summed E-state index contributed by atoms with van der Waals surface area (Å²) in [6.45, 7) is 10.7. The lowest BCUT2D eigenvalue weighted by Gasteiger charge is -2.16. The number of carboxylic acids is 1. The number of carbonyl (C=O) groups is 2. The zero-order valence-corrected chi connectivity index (χ0v) is 14.1. The lowest BCUT2D eigenvalue weighted by atomic mass is 10.0. The Bertz CT molecular complexity index is 521. The van der Waals surface area contributed by atoms with E-state index in [0.29, 0.717) is 17.9 Å². The molecule has 1 aromatic rings. The Labute approximate surface area is 131 Å². The van der Waals surface area contributed by atoms with Crippen molar-refractivity contribution in [1.82, 2.24) is 15.1 Å². The molecule has 6 heteroatoms. The van der Waals surface area contributed by atoms with Crippen molar-refractivity contribution in [3.05, 3.63) is 17.5 Å². The second-order valence-electron chi connectivity index (χ2n) is 6.54. The van der Waals surface area contributed by atoms with Gasteiger partial charge in [0.15, 0.2) is 0 Å². The lowest BCUT2D eigenvalue weighted by Crippen LogP contribution is -2.41. The fourth-order valence-electron chi connectivity index (χ4n) is 2.20. The molecule has 1 amide bonds. The molecule has 1 unspecified atom stereocenters. The Hall–Kier alpha value is -1.85. The van der Waals surface area contributed by atoms with Crippen LogP contribution in [-0.2, 0) is 11.3 Å². The smallest absolute Gasteiger partial charge is 0.326 e. The van der Waals surface area contributed by atoms with Crippen LogP contribution in [0.15, 0.2) is 6.20 Å². The summed E-state index contributed by atoms with van der Waals surface area (Å²) in [5.74, 6) is -0.632. The van der Waals surface area contributed by atoms with E-state index in [1.54, 1.807) is 4.68 Å². The van der Waals surface area contributed by atoms with Gasteiger partial charge in [0.25, 0.3) is 5.91 Å². The molecular weight excluding hydrogens is 282 g/mol. The van der Waals surface area contributed by atoms with Gasteiger partial charge in [0.05, 0.1) is 11.8 Å². The minimum absolute atomic E-state index is 0.191. The summed E-state index contributed by atoms with van der Waals surface area (Å²) in [6.07, 6.45) is 2.90. The third kappa shape index (κ3) is 5.16. The highest BCUT2D eigenvalue weighted by atomic mass is 16.4. The van der Waals surface area contributed by atoms with E-state index >= 15 is 0 Å². The molecule has 124 valence electrons. The number of aromatic nitrogens is 2. The maximum absolute atomic E-state index is 12.3. The van der Waals surface area contributed by atoms with Gasteiger partial charge in [-0.2, -0.15) is 5.10 Å². The average Bonchev–Trinajstić information content (AvgIpc) is 2.76. The van der Waals surface area contributed by atoms with Crippen LogP contribution < -0.4 is 5.32 Å². The molecule has 0 aliphatic heterocycles. The molecule has 0 aliphatic carbocycles. The molecule has 1 heterocycles. The minimum Gasteiger partial charge on any atom is -0.480 e. The Morgan fingerprint density at radius 3 is 2.41 bits per heavy atom. The van der Waals surface area contributed by atoms with Gasteiger partial charge in [-0.3, -0.25) is 9.48 Å². The maximum Gasteiger partial charge on any atom is 0.326 e. The van der Waals surface area contributed by atoms with E-state index in [4.69, 9.17) is 0 Å². The lowest BCUT2D eigenvalue weighted by molar-refractivity contribution is -0.139. The summed E-state index contributed by atoms with van der Waals surface area (Å²) in [5.41, 5.74) is 1.21.